The summed E-state index contributed by atoms with van der Waals surface area (Å²) in [5.74, 6) is 1.32. The maximum atomic E-state index is 13.7. The fourth-order valence-corrected chi connectivity index (χ4v) is 5.76. The fraction of sp³-hybridized carbons (Fsp3) is 0.353. The second-order valence-electron chi connectivity index (χ2n) is 10.4. The number of carbonyl (C=O) groups is 1. The van der Waals surface area contributed by atoms with Crippen LogP contribution in [0.3, 0.4) is 0 Å². The van der Waals surface area contributed by atoms with E-state index in [0.717, 1.165) is 58.7 Å². The molecule has 2 aromatic carbocycles. The molecule has 1 aliphatic carbocycles. The number of benzene rings is 2. The van der Waals surface area contributed by atoms with Crippen LogP contribution in [0.2, 0.25) is 0 Å². The molecule has 0 atom stereocenters. The van der Waals surface area contributed by atoms with E-state index in [1.54, 1.807) is 0 Å². The molecule has 7 heteroatoms. The van der Waals surface area contributed by atoms with Gasteiger partial charge in [-0.3, -0.25) is 9.48 Å². The first-order valence-corrected chi connectivity index (χ1v) is 14.7. The Kier molecular flexibility index (Phi) is 8.45. The first-order valence-electron chi connectivity index (χ1n) is 14.7. The van der Waals surface area contributed by atoms with Gasteiger partial charge in [-0.2, -0.15) is 5.10 Å². The minimum absolute atomic E-state index is 0.0121. The van der Waals surface area contributed by atoms with Crippen molar-refractivity contribution in [3.05, 3.63) is 84.1 Å². The highest BCUT2D eigenvalue weighted by Crippen LogP contribution is 2.42. The molecule has 0 radical (unpaired) electrons. The van der Waals surface area contributed by atoms with Crippen LogP contribution in [0, 0.1) is 6.92 Å². The number of aromatic amines is 1. The highest BCUT2D eigenvalue weighted by Gasteiger charge is 2.30. The van der Waals surface area contributed by atoms with Gasteiger partial charge in [0.05, 0.1) is 12.1 Å². The van der Waals surface area contributed by atoms with Gasteiger partial charge < -0.3 is 19.9 Å². The third-order valence-electron chi connectivity index (χ3n) is 7.95. The van der Waals surface area contributed by atoms with Crippen LogP contribution in [0.15, 0.2) is 61.7 Å². The van der Waals surface area contributed by atoms with Crippen LogP contribution in [0.5, 0.6) is 5.75 Å². The van der Waals surface area contributed by atoms with E-state index < -0.39 is 0 Å². The number of carbonyl (C=O) groups excluding carboxylic acids is 1. The zero-order valence-corrected chi connectivity index (χ0v) is 24.7. The van der Waals surface area contributed by atoms with Gasteiger partial charge in [0.15, 0.2) is 0 Å². The molecule has 0 bridgehead atoms. The molecular formula is C34H41N5O2. The van der Waals surface area contributed by atoms with Gasteiger partial charge in [-0.05, 0) is 79.6 Å². The predicted octanol–water partition coefficient (Wildman–Crippen LogP) is 7.00. The molecule has 3 aliphatic rings. The summed E-state index contributed by atoms with van der Waals surface area (Å²) in [7, 11) is 1.97. The number of nitrogens with one attached hydrogen (secondary N) is 2. The Morgan fingerprint density at radius 3 is 2.61 bits per heavy atom. The summed E-state index contributed by atoms with van der Waals surface area (Å²) < 4.78 is 7.99. The lowest BCUT2D eigenvalue weighted by molar-refractivity contribution is 0.0989. The second-order valence-corrected chi connectivity index (χ2v) is 10.4. The Bertz CT molecular complexity index is 1590. The number of nitrogens with zero attached hydrogens (tertiary/aromatic N) is 3. The molecular weight excluding hydrogens is 510 g/mol. The Balaban J connectivity index is 0.000000810. The minimum atomic E-state index is -0.0121. The van der Waals surface area contributed by atoms with Gasteiger partial charge in [0, 0.05) is 35.9 Å². The summed E-state index contributed by atoms with van der Waals surface area (Å²) >= 11 is 0. The quantitative estimate of drug-likeness (QED) is 0.268. The first kappa shape index (κ1) is 28.4. The molecule has 0 saturated heterocycles. The number of hydrogen-bond donors (Lipinski definition) is 2. The molecule has 4 aromatic rings. The standard InChI is InChI=1S/C30H31N5O2.C2H6.C2H4/c1-18-22(28-24-16-25(21-5-4-12-31-17-21)32-29(24)34(2)33-28)6-3-7-26(18)35-13-14-37-27-15-20(19-8-9-19)10-11-23(27)30(35)36;2*1-2/h3,5-7,10-11,15-16,19,31-32H,4,8-9,12-14,17H2,1-2H3;1-2H3;1-2H2. The van der Waals surface area contributed by atoms with E-state index in [-0.39, 0.29) is 5.91 Å². The van der Waals surface area contributed by atoms with Gasteiger partial charge in [-0.15, -0.1) is 13.2 Å². The van der Waals surface area contributed by atoms with Crippen LogP contribution in [-0.4, -0.2) is 46.9 Å². The molecule has 0 unspecified atom stereocenters. The number of H-pyrrole nitrogens is 1. The van der Waals surface area contributed by atoms with Crippen molar-refractivity contribution in [2.24, 2.45) is 7.05 Å². The lowest BCUT2D eigenvalue weighted by Gasteiger charge is -2.23. The monoisotopic (exact) mass is 551 g/mol. The summed E-state index contributed by atoms with van der Waals surface area (Å²) in [5, 5.41) is 9.42. The summed E-state index contributed by atoms with van der Waals surface area (Å²) in [6.45, 7) is 14.9. The van der Waals surface area contributed by atoms with E-state index in [2.05, 4.69) is 60.7 Å². The zero-order valence-electron chi connectivity index (χ0n) is 24.7. The molecule has 0 spiro atoms. The van der Waals surface area contributed by atoms with E-state index in [1.165, 1.54) is 24.0 Å². The SMILES string of the molecule is C=C.CC.Cc1c(-c2nn(C)c3[nH]c(C4=CCCNC4)cc23)cccc1N1CCOc2cc(C3CC3)ccc2C1=O. The maximum absolute atomic E-state index is 13.7. The van der Waals surface area contributed by atoms with Crippen LogP contribution in [0.25, 0.3) is 27.9 Å². The highest BCUT2D eigenvalue weighted by atomic mass is 16.5. The molecule has 2 N–H and O–H groups in total. The number of ether oxygens (including phenoxy) is 1. The van der Waals surface area contributed by atoms with E-state index in [1.807, 2.05) is 48.7 Å². The number of aryl methyl sites for hydroxylation is 1. The van der Waals surface area contributed by atoms with E-state index in [0.29, 0.717) is 30.4 Å². The van der Waals surface area contributed by atoms with Crippen LogP contribution >= 0.6 is 0 Å². The largest absolute Gasteiger partial charge is 0.491 e. The Morgan fingerprint density at radius 1 is 1.07 bits per heavy atom. The van der Waals surface area contributed by atoms with E-state index >= 15 is 0 Å². The summed E-state index contributed by atoms with van der Waals surface area (Å²) in [6, 6.07) is 14.5. The number of fused-ring (bicyclic) bond motifs is 2. The maximum Gasteiger partial charge on any atom is 0.262 e. The van der Waals surface area contributed by atoms with Gasteiger partial charge in [0.25, 0.3) is 5.91 Å². The van der Waals surface area contributed by atoms with Crippen molar-refractivity contribution in [1.29, 1.82) is 0 Å². The molecule has 7 rings (SSSR count). The minimum Gasteiger partial charge on any atom is -0.491 e. The molecule has 214 valence electrons. The normalized spacial score (nSPS) is 16.4. The molecule has 2 aromatic heterocycles. The molecule has 1 saturated carbocycles. The number of anilines is 1. The van der Waals surface area contributed by atoms with Gasteiger partial charge in [-0.25, -0.2) is 0 Å². The second kappa shape index (κ2) is 12.2. The molecule has 4 heterocycles. The molecule has 2 aliphatic heterocycles. The van der Waals surface area contributed by atoms with Gasteiger partial charge >= 0.3 is 0 Å². The Hall–Kier alpha value is -4.10. The van der Waals surface area contributed by atoms with Gasteiger partial charge in [0.1, 0.15) is 23.7 Å². The van der Waals surface area contributed by atoms with Crippen molar-refractivity contribution in [3.63, 3.8) is 0 Å². The predicted molar refractivity (Wildman–Crippen MR) is 169 cm³/mol. The number of amides is 1. The summed E-state index contributed by atoms with van der Waals surface area (Å²) in [4.78, 5) is 19.2. The average molecular weight is 552 g/mol. The van der Waals surface area contributed by atoms with Crippen LogP contribution < -0.4 is 15.0 Å². The topological polar surface area (TPSA) is 75.2 Å². The van der Waals surface area contributed by atoms with Crippen molar-refractivity contribution < 1.29 is 9.53 Å². The number of hydrogen-bond acceptors (Lipinski definition) is 4. The van der Waals surface area contributed by atoms with Crippen molar-refractivity contribution in [3.8, 4) is 17.0 Å². The first-order chi connectivity index (χ1) is 20.1. The van der Waals surface area contributed by atoms with E-state index in [9.17, 15) is 4.79 Å². The molecule has 41 heavy (non-hydrogen) atoms. The Morgan fingerprint density at radius 2 is 1.88 bits per heavy atom. The third kappa shape index (κ3) is 5.34. The molecule has 7 nitrogen and oxygen atoms in total. The van der Waals surface area contributed by atoms with Gasteiger partial charge in [-0.1, -0.05) is 38.1 Å². The van der Waals surface area contributed by atoms with Crippen LogP contribution in [0.1, 0.15) is 66.2 Å². The van der Waals surface area contributed by atoms with E-state index in [4.69, 9.17) is 9.84 Å². The number of aromatic nitrogens is 3. The van der Waals surface area contributed by atoms with Crippen molar-refractivity contribution in [2.75, 3.05) is 31.1 Å². The zero-order chi connectivity index (χ0) is 29.1. The lowest BCUT2D eigenvalue weighted by atomic mass is 10.00. The van der Waals surface area contributed by atoms with Crippen LogP contribution in [0.4, 0.5) is 5.69 Å². The average Bonchev–Trinajstić information content (AvgIpc) is 3.74. The molecule has 1 amide bonds. The Labute approximate surface area is 242 Å². The highest BCUT2D eigenvalue weighted by molar-refractivity contribution is 6.09. The van der Waals surface area contributed by atoms with Crippen LogP contribution in [-0.2, 0) is 7.05 Å². The summed E-state index contributed by atoms with van der Waals surface area (Å²) in [5.41, 5.74) is 9.24. The number of rotatable bonds is 4. The van der Waals surface area contributed by atoms with Crippen molar-refractivity contribution >= 4 is 28.2 Å². The van der Waals surface area contributed by atoms with Crippen molar-refractivity contribution in [1.82, 2.24) is 20.1 Å². The fourth-order valence-electron chi connectivity index (χ4n) is 5.76. The lowest BCUT2D eigenvalue weighted by Crippen LogP contribution is -2.32. The van der Waals surface area contributed by atoms with Crippen molar-refractivity contribution in [2.45, 2.75) is 46.0 Å². The summed E-state index contributed by atoms with van der Waals surface area (Å²) in [6.07, 6.45) is 5.79. The third-order valence-corrected chi connectivity index (χ3v) is 7.95. The smallest absolute Gasteiger partial charge is 0.262 e. The van der Waals surface area contributed by atoms with Gasteiger partial charge in [0.2, 0.25) is 0 Å². The molecule has 1 fully saturated rings.